The van der Waals surface area contributed by atoms with Gasteiger partial charge in [-0.15, -0.1) is 0 Å². The van der Waals surface area contributed by atoms with Crippen molar-refractivity contribution in [1.82, 2.24) is 4.57 Å². The summed E-state index contributed by atoms with van der Waals surface area (Å²) in [5.74, 6) is 0. The van der Waals surface area contributed by atoms with Crippen LogP contribution < -0.4 is 5.56 Å². The summed E-state index contributed by atoms with van der Waals surface area (Å²) in [6.07, 6.45) is 1.05. The van der Waals surface area contributed by atoms with Crippen molar-refractivity contribution >= 4 is 0 Å². The van der Waals surface area contributed by atoms with E-state index >= 15 is 0 Å². The van der Waals surface area contributed by atoms with Gasteiger partial charge in [0.25, 0.3) is 5.56 Å². The molecule has 20 heavy (non-hydrogen) atoms. The third-order valence-electron chi connectivity index (χ3n) is 3.32. The van der Waals surface area contributed by atoms with Crippen LogP contribution >= 0.6 is 0 Å². The van der Waals surface area contributed by atoms with Crippen LogP contribution in [0.15, 0.2) is 41.2 Å². The highest BCUT2D eigenvalue weighted by Crippen LogP contribution is 2.19. The zero-order chi connectivity index (χ0) is 14.5. The van der Waals surface area contributed by atoms with Crippen LogP contribution in [0, 0.1) is 18.3 Å². The Morgan fingerprint density at radius 1 is 1.15 bits per heavy atom. The molecule has 0 radical (unpaired) electrons. The summed E-state index contributed by atoms with van der Waals surface area (Å²) in [4.78, 5) is 12.4. The van der Waals surface area contributed by atoms with Gasteiger partial charge in [-0.05, 0) is 25.0 Å². The van der Waals surface area contributed by atoms with E-state index in [9.17, 15) is 4.79 Å². The van der Waals surface area contributed by atoms with Gasteiger partial charge >= 0.3 is 0 Å². The van der Waals surface area contributed by atoms with Gasteiger partial charge in [0, 0.05) is 12.1 Å². The molecule has 3 nitrogen and oxygen atoms in total. The number of rotatable bonds is 4. The van der Waals surface area contributed by atoms with Gasteiger partial charge in [-0.2, -0.15) is 5.26 Å². The summed E-state index contributed by atoms with van der Waals surface area (Å²) in [5, 5.41) is 8.78. The summed E-state index contributed by atoms with van der Waals surface area (Å²) in [7, 11) is 0. The fraction of sp³-hybridized carbons (Fsp3) is 0.294. The molecule has 0 saturated carbocycles. The average Bonchev–Trinajstić information content (AvgIpc) is 2.45. The van der Waals surface area contributed by atoms with Crippen LogP contribution in [0.5, 0.6) is 0 Å². The SMILES string of the molecule is CCCn1c(-c2ccc(C)cc2)ccc(CC#N)c1=O. The Bertz CT molecular complexity index is 690. The Kier molecular flexibility index (Phi) is 4.37. The first kappa shape index (κ1) is 14.1. The van der Waals surface area contributed by atoms with Gasteiger partial charge in [0.05, 0.1) is 18.2 Å². The molecule has 0 amide bonds. The summed E-state index contributed by atoms with van der Waals surface area (Å²) in [6, 6.07) is 13.9. The molecule has 0 bridgehead atoms. The van der Waals surface area contributed by atoms with Crippen LogP contribution in [-0.4, -0.2) is 4.57 Å². The third kappa shape index (κ3) is 2.80. The molecule has 0 unspecified atom stereocenters. The van der Waals surface area contributed by atoms with Crippen LogP contribution in [-0.2, 0) is 13.0 Å². The number of nitriles is 1. The van der Waals surface area contributed by atoms with Gasteiger partial charge in [-0.25, -0.2) is 0 Å². The largest absolute Gasteiger partial charge is 0.308 e. The molecular formula is C17H18N2O. The molecule has 0 atom stereocenters. The van der Waals surface area contributed by atoms with Crippen molar-refractivity contribution in [1.29, 1.82) is 5.26 Å². The van der Waals surface area contributed by atoms with Crippen molar-refractivity contribution in [3.05, 3.63) is 57.9 Å². The minimum atomic E-state index is -0.0496. The van der Waals surface area contributed by atoms with Crippen LogP contribution in [0.3, 0.4) is 0 Å². The van der Waals surface area contributed by atoms with Gasteiger partial charge in [0.1, 0.15) is 0 Å². The zero-order valence-electron chi connectivity index (χ0n) is 11.9. The van der Waals surface area contributed by atoms with E-state index in [1.807, 2.05) is 50.2 Å². The lowest BCUT2D eigenvalue weighted by Crippen LogP contribution is -2.24. The number of benzene rings is 1. The molecule has 2 aromatic rings. The number of nitrogens with zero attached hydrogens (tertiary/aromatic N) is 2. The van der Waals surface area contributed by atoms with Crippen molar-refractivity contribution in [2.45, 2.75) is 33.2 Å². The summed E-state index contributed by atoms with van der Waals surface area (Å²) >= 11 is 0. The predicted octanol–water partition coefficient (Wildman–Crippen LogP) is 3.30. The Labute approximate surface area is 119 Å². The number of pyridine rings is 1. The molecule has 1 aromatic heterocycles. The normalized spacial score (nSPS) is 10.2. The van der Waals surface area contributed by atoms with Crippen LogP contribution in [0.2, 0.25) is 0 Å². The minimum absolute atomic E-state index is 0.0496. The Morgan fingerprint density at radius 3 is 2.45 bits per heavy atom. The Morgan fingerprint density at radius 2 is 1.85 bits per heavy atom. The number of aryl methyl sites for hydroxylation is 1. The second-order valence-electron chi connectivity index (χ2n) is 4.90. The molecule has 0 aliphatic carbocycles. The summed E-state index contributed by atoms with van der Waals surface area (Å²) in [6.45, 7) is 4.75. The Balaban J connectivity index is 2.58. The maximum Gasteiger partial charge on any atom is 0.255 e. The smallest absolute Gasteiger partial charge is 0.255 e. The number of hydrogen-bond donors (Lipinski definition) is 0. The molecule has 0 aliphatic rings. The molecule has 2 rings (SSSR count). The molecule has 1 heterocycles. The quantitative estimate of drug-likeness (QED) is 0.852. The average molecular weight is 266 g/mol. The minimum Gasteiger partial charge on any atom is -0.308 e. The van der Waals surface area contributed by atoms with Gasteiger partial charge in [0.2, 0.25) is 0 Å². The van der Waals surface area contributed by atoms with E-state index in [1.54, 1.807) is 10.6 Å². The van der Waals surface area contributed by atoms with Crippen molar-refractivity contribution in [3.63, 3.8) is 0 Å². The second-order valence-corrected chi connectivity index (χ2v) is 4.90. The van der Waals surface area contributed by atoms with Gasteiger partial charge < -0.3 is 4.57 Å². The zero-order valence-corrected chi connectivity index (χ0v) is 11.9. The third-order valence-corrected chi connectivity index (χ3v) is 3.32. The summed E-state index contributed by atoms with van der Waals surface area (Å²) in [5.41, 5.74) is 3.66. The van der Waals surface area contributed by atoms with E-state index in [2.05, 4.69) is 0 Å². The fourth-order valence-corrected chi connectivity index (χ4v) is 2.27. The first-order valence-corrected chi connectivity index (χ1v) is 6.84. The molecule has 0 saturated heterocycles. The van der Waals surface area contributed by atoms with Gasteiger partial charge in [0.15, 0.2) is 0 Å². The van der Waals surface area contributed by atoms with E-state index in [4.69, 9.17) is 5.26 Å². The highest BCUT2D eigenvalue weighted by atomic mass is 16.1. The number of aromatic nitrogens is 1. The van der Waals surface area contributed by atoms with Crippen molar-refractivity contribution in [3.8, 4) is 17.3 Å². The highest BCUT2D eigenvalue weighted by Gasteiger charge is 2.09. The lowest BCUT2D eigenvalue weighted by molar-refractivity contribution is 0.656. The first-order chi connectivity index (χ1) is 9.67. The van der Waals surface area contributed by atoms with E-state index < -0.39 is 0 Å². The first-order valence-electron chi connectivity index (χ1n) is 6.84. The molecular weight excluding hydrogens is 248 g/mol. The molecule has 102 valence electrons. The van der Waals surface area contributed by atoms with Crippen LogP contribution in [0.1, 0.15) is 24.5 Å². The second kappa shape index (κ2) is 6.21. The van der Waals surface area contributed by atoms with E-state index in [0.717, 1.165) is 17.7 Å². The van der Waals surface area contributed by atoms with Crippen LogP contribution in [0.25, 0.3) is 11.3 Å². The lowest BCUT2D eigenvalue weighted by Gasteiger charge is -2.13. The molecule has 3 heteroatoms. The maximum absolute atomic E-state index is 12.4. The van der Waals surface area contributed by atoms with Crippen molar-refractivity contribution in [2.24, 2.45) is 0 Å². The van der Waals surface area contributed by atoms with E-state index in [0.29, 0.717) is 12.1 Å². The van der Waals surface area contributed by atoms with E-state index in [-0.39, 0.29) is 12.0 Å². The lowest BCUT2D eigenvalue weighted by atomic mass is 10.1. The fourth-order valence-electron chi connectivity index (χ4n) is 2.27. The van der Waals surface area contributed by atoms with Crippen molar-refractivity contribution in [2.75, 3.05) is 0 Å². The molecule has 0 spiro atoms. The van der Waals surface area contributed by atoms with Gasteiger partial charge in [-0.3, -0.25) is 4.79 Å². The van der Waals surface area contributed by atoms with E-state index in [1.165, 1.54) is 5.56 Å². The predicted molar refractivity (Wildman–Crippen MR) is 80.5 cm³/mol. The molecule has 0 aliphatic heterocycles. The van der Waals surface area contributed by atoms with Crippen molar-refractivity contribution < 1.29 is 0 Å². The summed E-state index contributed by atoms with van der Waals surface area (Å²) < 4.78 is 1.78. The molecule has 0 fully saturated rings. The topological polar surface area (TPSA) is 45.8 Å². The van der Waals surface area contributed by atoms with Crippen LogP contribution in [0.4, 0.5) is 0 Å². The maximum atomic E-state index is 12.4. The molecule has 0 N–H and O–H groups in total. The number of hydrogen-bond acceptors (Lipinski definition) is 2. The molecule has 1 aromatic carbocycles. The highest BCUT2D eigenvalue weighted by molar-refractivity contribution is 5.60. The standard InChI is InChI=1S/C17H18N2O/c1-3-12-19-16(14-6-4-13(2)5-7-14)9-8-15(10-11-18)17(19)20/h4-9H,3,10,12H2,1-2H3. The van der Waals surface area contributed by atoms with Gasteiger partial charge in [-0.1, -0.05) is 42.8 Å². The monoisotopic (exact) mass is 266 g/mol. The Hall–Kier alpha value is -2.34.